The average Bonchev–Trinajstić information content (AvgIpc) is 3.31. The Balaban J connectivity index is 1.24. The van der Waals surface area contributed by atoms with Crippen molar-refractivity contribution in [2.24, 2.45) is 10.2 Å². The minimum atomic E-state index is -2.37. The Hall–Kier alpha value is -6.91. The fourth-order valence-electron chi connectivity index (χ4n) is 6.71. The molecule has 11 nitrogen and oxygen atoms in total. The molecule has 0 atom stereocenters. The third-order valence-electron chi connectivity index (χ3n) is 9.89. The Kier molecular flexibility index (Phi) is 15.0. The van der Waals surface area contributed by atoms with Crippen LogP contribution in [0.3, 0.4) is 0 Å². The van der Waals surface area contributed by atoms with E-state index < -0.39 is 57.8 Å². The molecule has 0 spiro atoms. The van der Waals surface area contributed by atoms with Gasteiger partial charge in [0.25, 0.3) is 5.69 Å². The molecule has 0 saturated carbocycles. The van der Waals surface area contributed by atoms with Gasteiger partial charge in [0.1, 0.15) is 22.8 Å². The van der Waals surface area contributed by atoms with Crippen molar-refractivity contribution >= 4 is 40.3 Å². The van der Waals surface area contributed by atoms with E-state index in [1.165, 1.54) is 12.1 Å². The molecule has 0 saturated heterocycles. The van der Waals surface area contributed by atoms with E-state index in [0.29, 0.717) is 35.8 Å². The molecular weight excluding hydrogens is 851 g/mol. The van der Waals surface area contributed by atoms with Crippen LogP contribution < -0.4 is 19.1 Å². The van der Waals surface area contributed by atoms with Crippen molar-refractivity contribution in [2.45, 2.75) is 24.9 Å². The van der Waals surface area contributed by atoms with Gasteiger partial charge in [-0.2, -0.15) is 13.9 Å². The van der Waals surface area contributed by atoms with Crippen molar-refractivity contribution in [1.82, 2.24) is 0 Å². The summed E-state index contributed by atoms with van der Waals surface area (Å²) < 4.78 is 92.1. The number of hydrogen-bond donors (Lipinski definition) is 0. The molecule has 0 amide bonds. The monoisotopic (exact) mass is 888 g/mol. The fourth-order valence-corrected chi connectivity index (χ4v) is 6.92. The summed E-state index contributed by atoms with van der Waals surface area (Å²) in [5.41, 5.74) is 2.48. The lowest BCUT2D eigenvalue weighted by molar-refractivity contribution is -0.384. The van der Waals surface area contributed by atoms with E-state index in [1.54, 1.807) is 38.5 Å². The quantitative estimate of drug-likeness (QED) is 0.00752. The molecule has 0 heterocycles. The molecule has 0 bridgehead atoms. The predicted molar refractivity (Wildman–Crippen MR) is 225 cm³/mol. The van der Waals surface area contributed by atoms with Crippen LogP contribution in [0.15, 0.2) is 132 Å². The number of nitrogens with zero attached hydrogens (tertiary/aromatic N) is 4. The molecule has 6 aromatic rings. The number of non-ortho nitro benzene ring substituents is 1. The van der Waals surface area contributed by atoms with Gasteiger partial charge in [0.15, 0.2) is 0 Å². The second-order valence-corrected chi connectivity index (χ2v) is 14.2. The number of nitro benzene ring substituents is 1. The highest BCUT2D eigenvalue weighted by Crippen LogP contribution is 2.42. The van der Waals surface area contributed by atoms with Gasteiger partial charge >= 0.3 is 5.97 Å². The van der Waals surface area contributed by atoms with E-state index in [1.807, 2.05) is 83.8 Å². The molecule has 17 heteroatoms. The lowest BCUT2D eigenvalue weighted by atomic mass is 9.80. The molecule has 0 radical (unpaired) electrons. The van der Waals surface area contributed by atoms with Gasteiger partial charge in [0.05, 0.1) is 36.5 Å². The van der Waals surface area contributed by atoms with Crippen LogP contribution in [0.25, 0.3) is 0 Å². The zero-order chi connectivity index (χ0) is 45.1. The van der Waals surface area contributed by atoms with Gasteiger partial charge in [-0.3, -0.25) is 14.9 Å². The maximum absolute atomic E-state index is 14.3. The van der Waals surface area contributed by atoms with E-state index in [2.05, 4.69) is 15.0 Å². The van der Waals surface area contributed by atoms with Crippen molar-refractivity contribution in [3.63, 3.8) is 0 Å². The Morgan fingerprint density at radius 3 is 1.78 bits per heavy atom. The number of benzene rings is 6. The zero-order valence-electron chi connectivity index (χ0n) is 33.7. The summed E-state index contributed by atoms with van der Waals surface area (Å²) in [5.74, 6) is -12.9. The number of esters is 1. The van der Waals surface area contributed by atoms with Crippen LogP contribution in [0.5, 0.6) is 17.2 Å². The molecule has 0 aliphatic rings. The van der Waals surface area contributed by atoms with Crippen molar-refractivity contribution in [2.75, 3.05) is 38.8 Å². The minimum absolute atomic E-state index is 0.0342. The predicted octanol–water partition coefficient (Wildman–Crippen LogP) is 12.0. The molecule has 6 aromatic carbocycles. The minimum Gasteiger partial charge on any atom is -0.497 e. The van der Waals surface area contributed by atoms with E-state index in [0.717, 1.165) is 22.8 Å². The first-order valence-electron chi connectivity index (χ1n) is 19.3. The normalized spacial score (nSPS) is 11.4. The lowest BCUT2D eigenvalue weighted by Crippen LogP contribution is -2.34. The van der Waals surface area contributed by atoms with Crippen LogP contribution in [0, 0.1) is 39.2 Å². The molecule has 0 aliphatic heterocycles. The van der Waals surface area contributed by atoms with E-state index >= 15 is 0 Å². The summed E-state index contributed by atoms with van der Waals surface area (Å²) in [7, 11) is 3.16. The summed E-state index contributed by atoms with van der Waals surface area (Å²) in [6.07, 6.45) is 0.0255. The third-order valence-corrected chi connectivity index (χ3v) is 10.2. The highest BCUT2D eigenvalue weighted by Gasteiger charge is 2.38. The van der Waals surface area contributed by atoms with Gasteiger partial charge in [0.2, 0.25) is 34.8 Å². The van der Waals surface area contributed by atoms with Crippen LogP contribution in [0.2, 0.25) is 5.02 Å². The van der Waals surface area contributed by atoms with Crippen LogP contribution >= 0.6 is 11.6 Å². The summed E-state index contributed by atoms with van der Waals surface area (Å²) in [4.78, 5) is 25.1. The lowest BCUT2D eigenvalue weighted by Gasteiger charge is -2.36. The van der Waals surface area contributed by atoms with Gasteiger partial charge in [-0.25, -0.2) is 13.2 Å². The summed E-state index contributed by atoms with van der Waals surface area (Å²) >= 11 is 6.17. The third kappa shape index (κ3) is 10.6. The van der Waals surface area contributed by atoms with Crippen LogP contribution in [-0.4, -0.2) is 44.8 Å². The number of hydrogen-bond acceptors (Lipinski definition) is 10. The maximum atomic E-state index is 14.3. The number of azo groups is 1. The van der Waals surface area contributed by atoms with Gasteiger partial charge in [-0.15, -0.1) is 5.11 Å². The fraction of sp³-hybridized carbons (Fsp3) is 0.196. The van der Waals surface area contributed by atoms with Gasteiger partial charge < -0.3 is 23.8 Å². The first-order valence-corrected chi connectivity index (χ1v) is 19.7. The van der Waals surface area contributed by atoms with E-state index in [9.17, 15) is 36.9 Å². The average molecular weight is 889 g/mol. The van der Waals surface area contributed by atoms with Crippen molar-refractivity contribution in [3.05, 3.63) is 182 Å². The van der Waals surface area contributed by atoms with Crippen molar-refractivity contribution in [1.29, 1.82) is 0 Å². The summed E-state index contributed by atoms with van der Waals surface area (Å²) in [5, 5.41) is 19.4. The molecule has 0 unspecified atom stereocenters. The highest BCUT2D eigenvalue weighted by atomic mass is 35.5. The maximum Gasteiger partial charge on any atom is 0.311 e. The molecule has 6 rings (SSSR count). The van der Waals surface area contributed by atoms with Crippen molar-refractivity contribution < 1.29 is 50.6 Å². The molecule has 326 valence electrons. The number of anilines is 1. The Labute approximate surface area is 363 Å². The van der Waals surface area contributed by atoms with Gasteiger partial charge in [-0.05, 0) is 84.1 Å². The number of ether oxygens (including phenoxy) is 4. The van der Waals surface area contributed by atoms with E-state index in [-0.39, 0.29) is 36.0 Å². The number of carbonyl (C=O) groups is 1. The summed E-state index contributed by atoms with van der Waals surface area (Å²) in [6, 6.07) is 35.4. The molecule has 63 heavy (non-hydrogen) atoms. The van der Waals surface area contributed by atoms with Crippen LogP contribution in [-0.2, 0) is 15.1 Å². The molecule has 0 fully saturated rings. The van der Waals surface area contributed by atoms with Crippen molar-refractivity contribution in [3.8, 4) is 17.2 Å². The molecule has 0 aromatic heterocycles. The Morgan fingerprint density at radius 2 is 1.24 bits per heavy atom. The molecular formula is C46H38ClF5N4O7. The zero-order valence-corrected chi connectivity index (χ0v) is 34.5. The number of rotatable bonds is 19. The number of nitro groups is 1. The van der Waals surface area contributed by atoms with E-state index in [4.69, 9.17) is 25.8 Å². The highest BCUT2D eigenvalue weighted by molar-refractivity contribution is 6.33. The van der Waals surface area contributed by atoms with Crippen LogP contribution in [0.1, 0.15) is 36.0 Å². The first kappa shape index (κ1) is 45.6. The Bertz CT molecular complexity index is 2490. The second-order valence-electron chi connectivity index (χ2n) is 13.8. The number of carbonyl (C=O) groups excluding carboxylic acids is 1. The smallest absolute Gasteiger partial charge is 0.311 e. The summed E-state index contributed by atoms with van der Waals surface area (Å²) in [6.45, 7) is 0.725. The van der Waals surface area contributed by atoms with Gasteiger partial charge in [-0.1, -0.05) is 66.2 Å². The second kappa shape index (κ2) is 20.8. The molecule has 0 N–H and O–H groups in total. The Morgan fingerprint density at radius 1 is 0.698 bits per heavy atom. The largest absolute Gasteiger partial charge is 0.497 e. The topological polar surface area (TPSA) is 125 Å². The SMILES string of the molecule is COc1ccc(C(OCCCN(CCCC(=O)Oc2c(F)c(F)c(F)c(F)c2F)c2ccc(/N=N/c3ccc([N+](=O)[O-])cc3Cl)cc2)(c2ccccc2)c2ccc(OC)cc2)cc1. The van der Waals surface area contributed by atoms with Crippen LogP contribution in [0.4, 0.5) is 44.7 Å². The van der Waals surface area contributed by atoms with Gasteiger partial charge in [0, 0.05) is 37.3 Å². The number of methoxy groups -OCH3 is 2. The standard InChI is InChI=1S/C46H38ClF5N4O7/c1-60-35-20-11-30(12-21-35)46(29-8-4-3-5-9-29,31-13-22-36(61-2)23-14-31)62-27-7-26-55(25-6-10-39(57)63-45-43(51)41(49)40(48)42(50)44(45)52)33-17-15-32(16-18-33)53-54-38-24-19-34(56(58)59)28-37(38)47/h3-5,8-9,11-24,28H,6-7,10,25-27H2,1-2H3/b54-53+. The number of halogens is 6. The first-order chi connectivity index (χ1) is 30.4. The molecule has 0 aliphatic carbocycles.